The molecule has 0 amide bonds. The van der Waals surface area contributed by atoms with E-state index in [9.17, 15) is 19.7 Å². The number of rotatable bonds is 7. The molecule has 0 radical (unpaired) electrons. The predicted molar refractivity (Wildman–Crippen MR) is 74.1 cm³/mol. The number of carbonyl (C=O) groups is 2. The molecule has 8 nitrogen and oxygen atoms in total. The van der Waals surface area contributed by atoms with Crippen molar-refractivity contribution < 1.29 is 24.7 Å². The van der Waals surface area contributed by atoms with Gasteiger partial charge in [0.15, 0.2) is 0 Å². The third kappa shape index (κ3) is 3.78. The van der Waals surface area contributed by atoms with Gasteiger partial charge in [0.05, 0.1) is 22.6 Å². The van der Waals surface area contributed by atoms with E-state index in [1.54, 1.807) is 13.0 Å². The van der Waals surface area contributed by atoms with Crippen molar-refractivity contribution in [2.24, 2.45) is 0 Å². The molecule has 1 rings (SSSR count). The third-order valence-electron chi connectivity index (χ3n) is 2.68. The summed E-state index contributed by atoms with van der Waals surface area (Å²) in [5, 5.41) is 28.7. The first-order valence-electron chi connectivity index (χ1n) is 5.89. The number of hydrogen-bond donors (Lipinski definition) is 2. The van der Waals surface area contributed by atoms with E-state index >= 15 is 0 Å². The van der Waals surface area contributed by atoms with Crippen LogP contribution in [0.5, 0.6) is 0 Å². The summed E-state index contributed by atoms with van der Waals surface area (Å²) in [6.07, 6.45) is 3.90. The van der Waals surface area contributed by atoms with Crippen molar-refractivity contribution in [1.29, 1.82) is 0 Å². The first kappa shape index (κ1) is 16.2. The smallest absolute Gasteiger partial charge is 0.323 e. The summed E-state index contributed by atoms with van der Waals surface area (Å²) in [5.41, 5.74) is -0.0263. The van der Waals surface area contributed by atoms with Gasteiger partial charge in [0, 0.05) is 6.20 Å². The maximum Gasteiger partial charge on any atom is 0.323 e. The summed E-state index contributed by atoms with van der Waals surface area (Å²) >= 11 is 0. The highest BCUT2D eigenvalue weighted by atomic mass is 16.6. The zero-order chi connectivity index (χ0) is 16.2. The zero-order valence-electron chi connectivity index (χ0n) is 11.3. The fraction of sp³-hybridized carbons (Fsp3) is 0.231. The lowest BCUT2D eigenvalue weighted by Gasteiger charge is -2.04. The fourth-order valence-electron chi connectivity index (χ4n) is 1.97. The van der Waals surface area contributed by atoms with E-state index in [1.165, 1.54) is 16.8 Å². The van der Waals surface area contributed by atoms with Crippen LogP contribution in [-0.4, -0.2) is 31.6 Å². The van der Waals surface area contributed by atoms with Crippen LogP contribution >= 0.6 is 0 Å². The molecule has 0 aromatic carbocycles. The molecule has 0 spiro atoms. The molecule has 0 unspecified atom stereocenters. The highest BCUT2D eigenvalue weighted by molar-refractivity contribution is 5.78. The molecule has 21 heavy (non-hydrogen) atoms. The molecular weight excluding hydrogens is 280 g/mol. The first-order valence-corrected chi connectivity index (χ1v) is 5.89. The predicted octanol–water partition coefficient (Wildman–Crippen LogP) is 1.48. The average Bonchev–Trinajstić information content (AvgIpc) is 2.65. The van der Waals surface area contributed by atoms with E-state index in [2.05, 4.69) is 6.58 Å². The SMILES string of the molecule is C=C(c1c(CC(=O)O)cn(CC(=O)O)c1/C=C\C)[N+](=O)[O-]. The van der Waals surface area contributed by atoms with Crippen LogP contribution in [0.4, 0.5) is 0 Å². The summed E-state index contributed by atoms with van der Waals surface area (Å²) < 4.78 is 1.25. The van der Waals surface area contributed by atoms with Gasteiger partial charge in [-0.2, -0.15) is 0 Å². The van der Waals surface area contributed by atoms with Gasteiger partial charge in [0.2, 0.25) is 0 Å². The molecule has 0 aliphatic rings. The highest BCUT2D eigenvalue weighted by Gasteiger charge is 2.25. The van der Waals surface area contributed by atoms with Crippen molar-refractivity contribution in [3.8, 4) is 0 Å². The molecule has 0 aliphatic carbocycles. The Morgan fingerprint density at radius 3 is 2.48 bits per heavy atom. The minimum absolute atomic E-state index is 0.0433. The highest BCUT2D eigenvalue weighted by Crippen LogP contribution is 2.27. The van der Waals surface area contributed by atoms with Gasteiger partial charge in [-0.05, 0) is 25.1 Å². The normalized spacial score (nSPS) is 10.7. The van der Waals surface area contributed by atoms with Crippen LogP contribution in [0.2, 0.25) is 0 Å². The quantitative estimate of drug-likeness (QED) is 0.580. The van der Waals surface area contributed by atoms with Crippen LogP contribution in [-0.2, 0) is 22.6 Å². The Balaban J connectivity index is 3.55. The van der Waals surface area contributed by atoms with Gasteiger partial charge in [0.25, 0.3) is 5.70 Å². The van der Waals surface area contributed by atoms with E-state index in [-0.39, 0.29) is 16.8 Å². The lowest BCUT2D eigenvalue weighted by atomic mass is 10.1. The van der Waals surface area contributed by atoms with E-state index in [0.29, 0.717) is 0 Å². The summed E-state index contributed by atoms with van der Waals surface area (Å²) in [4.78, 5) is 31.9. The summed E-state index contributed by atoms with van der Waals surface area (Å²) in [6, 6.07) is 0. The van der Waals surface area contributed by atoms with Crippen LogP contribution < -0.4 is 0 Å². The van der Waals surface area contributed by atoms with Gasteiger partial charge >= 0.3 is 11.9 Å². The number of aromatic nitrogens is 1. The van der Waals surface area contributed by atoms with Crippen molar-refractivity contribution in [1.82, 2.24) is 4.57 Å². The van der Waals surface area contributed by atoms with Crippen molar-refractivity contribution in [2.75, 3.05) is 0 Å². The van der Waals surface area contributed by atoms with Crippen LogP contribution in [0.25, 0.3) is 11.8 Å². The molecule has 0 bridgehead atoms. The monoisotopic (exact) mass is 294 g/mol. The Hall–Kier alpha value is -2.90. The Kier molecular flexibility index (Phi) is 5.01. The molecule has 1 heterocycles. The number of aliphatic carboxylic acids is 2. The molecule has 8 heteroatoms. The molecule has 112 valence electrons. The molecule has 0 saturated heterocycles. The molecule has 0 atom stereocenters. The zero-order valence-corrected chi connectivity index (χ0v) is 11.3. The van der Waals surface area contributed by atoms with Gasteiger partial charge in [0.1, 0.15) is 6.54 Å². The Bertz CT molecular complexity index is 641. The van der Waals surface area contributed by atoms with Gasteiger partial charge < -0.3 is 14.8 Å². The summed E-state index contributed by atoms with van der Waals surface area (Å²) in [7, 11) is 0. The average molecular weight is 294 g/mol. The summed E-state index contributed by atoms with van der Waals surface area (Å²) in [6.45, 7) is 4.57. The van der Waals surface area contributed by atoms with E-state index in [4.69, 9.17) is 10.2 Å². The van der Waals surface area contributed by atoms with Crippen molar-refractivity contribution in [3.05, 3.63) is 45.8 Å². The largest absolute Gasteiger partial charge is 0.481 e. The molecule has 1 aromatic rings. The topological polar surface area (TPSA) is 123 Å². The molecule has 0 fully saturated rings. The van der Waals surface area contributed by atoms with E-state index in [0.717, 1.165) is 0 Å². The van der Waals surface area contributed by atoms with Gasteiger partial charge in [-0.25, -0.2) is 0 Å². The second-order valence-electron chi connectivity index (χ2n) is 4.21. The standard InChI is InChI=1S/C13H14N2O6/c1-3-4-10-13(8(2)15(20)21)9(5-11(16)17)6-14(10)7-12(18)19/h3-4,6H,2,5,7H2,1H3,(H,16,17)(H,18,19)/b4-3-. The van der Waals surface area contributed by atoms with Crippen LogP contribution in [0, 0.1) is 10.1 Å². The van der Waals surface area contributed by atoms with Crippen molar-refractivity contribution in [2.45, 2.75) is 19.9 Å². The second-order valence-corrected chi connectivity index (χ2v) is 4.21. The maximum atomic E-state index is 10.9. The lowest BCUT2D eigenvalue weighted by Crippen LogP contribution is -2.09. The number of carboxylic acids is 2. The minimum atomic E-state index is -1.17. The molecule has 0 aliphatic heterocycles. The number of hydrogen-bond acceptors (Lipinski definition) is 4. The van der Waals surface area contributed by atoms with Crippen LogP contribution in [0.1, 0.15) is 23.7 Å². The van der Waals surface area contributed by atoms with Gasteiger partial charge in [-0.15, -0.1) is 0 Å². The number of nitro groups is 1. The molecular formula is C13H14N2O6. The number of carboxylic acid groups (broad SMARTS) is 2. The Morgan fingerprint density at radius 1 is 1.43 bits per heavy atom. The van der Waals surface area contributed by atoms with Crippen LogP contribution in [0.3, 0.4) is 0 Å². The maximum absolute atomic E-state index is 10.9. The molecule has 0 saturated carbocycles. The van der Waals surface area contributed by atoms with Crippen molar-refractivity contribution >= 4 is 23.7 Å². The van der Waals surface area contributed by atoms with E-state index in [1.807, 2.05) is 0 Å². The lowest BCUT2D eigenvalue weighted by molar-refractivity contribution is -0.375. The van der Waals surface area contributed by atoms with Crippen molar-refractivity contribution in [3.63, 3.8) is 0 Å². The second kappa shape index (κ2) is 6.51. The minimum Gasteiger partial charge on any atom is -0.481 e. The molecule has 2 N–H and O–H groups in total. The van der Waals surface area contributed by atoms with E-state index < -0.39 is 35.5 Å². The van der Waals surface area contributed by atoms with Gasteiger partial charge in [-0.1, -0.05) is 6.08 Å². The Labute approximate surface area is 119 Å². The summed E-state index contributed by atoms with van der Waals surface area (Å²) in [5.74, 6) is -2.32. The number of allylic oxidation sites excluding steroid dienone is 1. The van der Waals surface area contributed by atoms with Crippen LogP contribution in [0.15, 0.2) is 18.9 Å². The fourth-order valence-corrected chi connectivity index (χ4v) is 1.97. The number of nitrogens with zero attached hydrogens (tertiary/aromatic N) is 2. The molecule has 1 aromatic heterocycles. The first-order chi connectivity index (χ1) is 9.77. The third-order valence-corrected chi connectivity index (χ3v) is 2.68. The Morgan fingerprint density at radius 2 is 2.05 bits per heavy atom. The van der Waals surface area contributed by atoms with Gasteiger partial charge in [-0.3, -0.25) is 19.7 Å².